The van der Waals surface area contributed by atoms with Gasteiger partial charge in [0.1, 0.15) is 10.7 Å². The van der Waals surface area contributed by atoms with Crippen LogP contribution >= 0.6 is 22.9 Å². The number of amides is 1. The van der Waals surface area contributed by atoms with Gasteiger partial charge in [0.2, 0.25) is 0 Å². The second-order valence-corrected chi connectivity index (χ2v) is 8.15. The maximum atomic E-state index is 14.0. The van der Waals surface area contributed by atoms with Crippen molar-refractivity contribution < 1.29 is 22.4 Å². The molecule has 0 spiro atoms. The van der Waals surface area contributed by atoms with Crippen LogP contribution in [0.3, 0.4) is 0 Å². The fourth-order valence-electron chi connectivity index (χ4n) is 3.01. The van der Waals surface area contributed by atoms with Gasteiger partial charge in [-0.15, -0.1) is 11.3 Å². The smallest absolute Gasteiger partial charge is 0.324 e. The fraction of sp³-hybridized carbons (Fsp3) is 0.263. The molecule has 0 saturated carbocycles. The Morgan fingerprint density at radius 2 is 2.07 bits per heavy atom. The summed E-state index contributed by atoms with van der Waals surface area (Å²) < 4.78 is 53.5. The molecule has 0 bridgehead atoms. The highest BCUT2D eigenvalue weighted by molar-refractivity contribution is 7.13. The average Bonchev–Trinajstić information content (AvgIpc) is 3.02. The lowest BCUT2D eigenvalue weighted by Crippen LogP contribution is -2.37. The minimum Gasteiger partial charge on any atom is -0.324 e. The zero-order chi connectivity index (χ0) is 20.7. The molecule has 1 heterocycles. The molecule has 3 nitrogen and oxygen atoms in total. The number of hydrogen-bond acceptors (Lipinski definition) is 3. The van der Waals surface area contributed by atoms with E-state index in [1.807, 2.05) is 6.08 Å². The summed E-state index contributed by atoms with van der Waals surface area (Å²) >= 11 is 6.42. The van der Waals surface area contributed by atoms with Gasteiger partial charge in [0, 0.05) is 11.1 Å². The number of aromatic nitrogens is 1. The summed E-state index contributed by atoms with van der Waals surface area (Å²) in [4.78, 5) is 15.6. The Hall–Kier alpha value is -2.19. The van der Waals surface area contributed by atoms with Crippen LogP contribution < -0.4 is 5.32 Å². The molecule has 0 saturated heterocycles. The molecule has 1 unspecified atom stereocenters. The van der Waals surface area contributed by atoms with Crippen LogP contribution in [0.5, 0.6) is 0 Å². The minimum atomic E-state index is -4.74. The first kappa shape index (κ1) is 20.5. The Kier molecular flexibility index (Phi) is 5.38. The van der Waals surface area contributed by atoms with Crippen LogP contribution in [-0.4, -0.2) is 10.9 Å². The average molecular weight is 431 g/mol. The number of benzene rings is 1. The van der Waals surface area contributed by atoms with E-state index in [4.69, 9.17) is 11.6 Å². The lowest BCUT2D eigenvalue weighted by atomic mass is 9.74. The molecule has 9 heteroatoms. The number of carbonyl (C=O) groups excluding carboxylic acids is 1. The SMILES string of the molecule is Cc1nc(C(F)(F)F)c(C(=O)NC2=CC=CCC2(C)c2ccc(Cl)c(F)c2)s1. The van der Waals surface area contributed by atoms with Crippen molar-refractivity contribution in [2.75, 3.05) is 0 Å². The van der Waals surface area contributed by atoms with E-state index >= 15 is 0 Å². The Morgan fingerprint density at radius 1 is 1.36 bits per heavy atom. The zero-order valence-corrected chi connectivity index (χ0v) is 16.4. The van der Waals surface area contributed by atoms with Crippen LogP contribution in [-0.2, 0) is 11.6 Å². The van der Waals surface area contributed by atoms with E-state index in [-0.39, 0.29) is 10.0 Å². The van der Waals surface area contributed by atoms with Gasteiger partial charge in [0.25, 0.3) is 5.91 Å². The van der Waals surface area contributed by atoms with Gasteiger partial charge in [-0.3, -0.25) is 4.79 Å². The third-order valence-electron chi connectivity index (χ3n) is 4.53. The summed E-state index contributed by atoms with van der Waals surface area (Å²) in [6.07, 6.45) is 0.802. The molecule has 1 aliphatic carbocycles. The third-order valence-corrected chi connectivity index (χ3v) is 5.81. The standard InChI is InChI=1S/C19H15ClF4N2OS/c1-10-25-16(19(22,23)24)15(28-10)17(27)26-14-5-3-4-8-18(14,2)11-6-7-12(20)13(21)9-11/h3-7,9H,8H2,1-2H3,(H,26,27). The predicted octanol–water partition coefficient (Wildman–Crippen LogP) is 5.79. The van der Waals surface area contributed by atoms with E-state index in [9.17, 15) is 22.4 Å². The number of allylic oxidation sites excluding steroid dienone is 4. The van der Waals surface area contributed by atoms with Crippen molar-refractivity contribution in [3.8, 4) is 0 Å². The molecule has 28 heavy (non-hydrogen) atoms. The van der Waals surface area contributed by atoms with Gasteiger partial charge < -0.3 is 5.32 Å². The maximum absolute atomic E-state index is 14.0. The Bertz CT molecular complexity index is 996. The zero-order valence-electron chi connectivity index (χ0n) is 14.8. The van der Waals surface area contributed by atoms with E-state index in [0.29, 0.717) is 29.0 Å². The molecule has 0 fully saturated rings. The number of nitrogens with zero attached hydrogens (tertiary/aromatic N) is 1. The van der Waals surface area contributed by atoms with E-state index in [1.165, 1.54) is 19.1 Å². The number of nitrogens with one attached hydrogen (secondary N) is 1. The summed E-state index contributed by atoms with van der Waals surface area (Å²) in [5, 5.41) is 2.67. The number of alkyl halides is 3. The van der Waals surface area contributed by atoms with Crippen molar-refractivity contribution in [2.45, 2.75) is 31.9 Å². The van der Waals surface area contributed by atoms with Crippen molar-refractivity contribution in [1.29, 1.82) is 0 Å². The number of aryl methyl sites for hydroxylation is 1. The van der Waals surface area contributed by atoms with Crippen molar-refractivity contribution in [1.82, 2.24) is 10.3 Å². The van der Waals surface area contributed by atoms with E-state index in [0.717, 1.165) is 0 Å². The number of hydrogen-bond donors (Lipinski definition) is 1. The Labute approximate surface area is 167 Å². The molecule has 2 aromatic rings. The van der Waals surface area contributed by atoms with E-state index in [2.05, 4.69) is 10.3 Å². The lowest BCUT2D eigenvalue weighted by molar-refractivity contribution is -0.141. The molecule has 1 aromatic heterocycles. The number of carbonyl (C=O) groups is 1. The van der Waals surface area contributed by atoms with Gasteiger partial charge in [-0.2, -0.15) is 13.2 Å². The molecule has 3 rings (SSSR count). The molecule has 1 aliphatic rings. The monoisotopic (exact) mass is 430 g/mol. The van der Waals surface area contributed by atoms with Crippen LogP contribution in [0.1, 0.15) is 39.3 Å². The largest absolute Gasteiger partial charge is 0.435 e. The van der Waals surface area contributed by atoms with Crippen LogP contribution in [0.2, 0.25) is 5.02 Å². The molecule has 1 aromatic carbocycles. The van der Waals surface area contributed by atoms with E-state index < -0.39 is 33.9 Å². The highest BCUT2D eigenvalue weighted by atomic mass is 35.5. The van der Waals surface area contributed by atoms with Gasteiger partial charge in [-0.1, -0.05) is 29.8 Å². The van der Waals surface area contributed by atoms with Crippen molar-refractivity contribution in [3.05, 3.63) is 74.1 Å². The normalized spacial score (nSPS) is 19.5. The topological polar surface area (TPSA) is 42.0 Å². The summed E-state index contributed by atoms with van der Waals surface area (Å²) in [6.45, 7) is 3.17. The van der Waals surface area contributed by atoms with Gasteiger partial charge >= 0.3 is 6.18 Å². The fourth-order valence-corrected chi connectivity index (χ4v) is 3.96. The summed E-state index contributed by atoms with van der Waals surface area (Å²) in [7, 11) is 0. The Morgan fingerprint density at radius 3 is 2.71 bits per heavy atom. The van der Waals surface area contributed by atoms with Gasteiger partial charge in [-0.05, 0) is 44.0 Å². The second-order valence-electron chi connectivity index (χ2n) is 6.54. The summed E-state index contributed by atoms with van der Waals surface area (Å²) in [6, 6.07) is 4.30. The number of rotatable bonds is 3. The Balaban J connectivity index is 1.96. The quantitative estimate of drug-likeness (QED) is 0.626. The van der Waals surface area contributed by atoms with E-state index in [1.54, 1.807) is 25.1 Å². The highest BCUT2D eigenvalue weighted by Gasteiger charge is 2.40. The number of halogens is 5. The highest BCUT2D eigenvalue weighted by Crippen LogP contribution is 2.39. The van der Waals surface area contributed by atoms with Crippen LogP contribution in [0.15, 0.2) is 42.1 Å². The van der Waals surface area contributed by atoms with Gasteiger partial charge in [0.15, 0.2) is 5.69 Å². The molecule has 1 atom stereocenters. The van der Waals surface area contributed by atoms with Crippen molar-refractivity contribution in [2.24, 2.45) is 0 Å². The van der Waals surface area contributed by atoms with Crippen molar-refractivity contribution >= 4 is 28.8 Å². The third kappa shape index (κ3) is 3.84. The van der Waals surface area contributed by atoms with Crippen LogP contribution in [0.25, 0.3) is 0 Å². The first-order valence-corrected chi connectivity index (χ1v) is 9.40. The molecule has 1 amide bonds. The predicted molar refractivity (Wildman–Crippen MR) is 99.9 cm³/mol. The molecule has 0 radical (unpaired) electrons. The lowest BCUT2D eigenvalue weighted by Gasteiger charge is -2.34. The van der Waals surface area contributed by atoms with Gasteiger partial charge in [-0.25, -0.2) is 9.37 Å². The molecule has 0 aliphatic heterocycles. The summed E-state index contributed by atoms with van der Waals surface area (Å²) in [5.74, 6) is -1.52. The van der Waals surface area contributed by atoms with Crippen LogP contribution in [0, 0.1) is 12.7 Å². The first-order chi connectivity index (χ1) is 13.0. The second kappa shape index (κ2) is 7.33. The van der Waals surface area contributed by atoms with Gasteiger partial charge in [0.05, 0.1) is 10.0 Å². The maximum Gasteiger partial charge on any atom is 0.435 e. The van der Waals surface area contributed by atoms with Crippen LogP contribution in [0.4, 0.5) is 17.6 Å². The molecule has 1 N–H and O–H groups in total. The number of thiazole rings is 1. The molecular weight excluding hydrogens is 416 g/mol. The summed E-state index contributed by atoms with van der Waals surface area (Å²) in [5.41, 5.74) is -1.14. The van der Waals surface area contributed by atoms with Crippen molar-refractivity contribution in [3.63, 3.8) is 0 Å². The first-order valence-electron chi connectivity index (χ1n) is 8.21. The molecular formula is C19H15ClF4N2OS. The molecule has 148 valence electrons. The minimum absolute atomic E-state index is 0.0387.